The van der Waals surface area contributed by atoms with E-state index in [2.05, 4.69) is 4.40 Å². The van der Waals surface area contributed by atoms with E-state index in [0.717, 1.165) is 11.1 Å². The highest BCUT2D eigenvalue weighted by molar-refractivity contribution is 7.90. The van der Waals surface area contributed by atoms with Crippen molar-refractivity contribution in [3.63, 3.8) is 0 Å². The lowest BCUT2D eigenvalue weighted by atomic mass is 9.89. The van der Waals surface area contributed by atoms with Crippen LogP contribution in [0, 0.1) is 0 Å². The topological polar surface area (TPSA) is 107 Å². The number of sulfonamides is 1. The quantitative estimate of drug-likeness (QED) is 0.800. The standard InChI is InChI=1S/C18H17N3O5S/c22-17(13-5-6-16-19-27(25,26)8-7-20(16)10-13)21-9-12-3-1-2-4-14(12)15(11-21)18(23)24/h1-6,10,15H,7-9,11H2,(H,23,24). The summed E-state index contributed by atoms with van der Waals surface area (Å²) in [5.74, 6) is -1.86. The molecule has 0 saturated carbocycles. The van der Waals surface area contributed by atoms with Crippen LogP contribution >= 0.6 is 0 Å². The smallest absolute Gasteiger partial charge is 0.312 e. The largest absolute Gasteiger partial charge is 0.481 e. The highest BCUT2D eigenvalue weighted by Gasteiger charge is 2.34. The highest BCUT2D eigenvalue weighted by atomic mass is 32.2. The number of amidine groups is 1. The Balaban J connectivity index is 1.60. The molecule has 3 aliphatic rings. The molecule has 0 fully saturated rings. The molecule has 1 amide bonds. The van der Waals surface area contributed by atoms with Crippen LogP contribution in [0.1, 0.15) is 17.0 Å². The predicted octanol–water partition coefficient (Wildman–Crippen LogP) is 0.695. The van der Waals surface area contributed by atoms with Crippen molar-refractivity contribution >= 4 is 27.7 Å². The number of nitrogens with zero attached hydrogens (tertiary/aromatic N) is 3. The van der Waals surface area contributed by atoms with Gasteiger partial charge in [0.25, 0.3) is 15.9 Å². The van der Waals surface area contributed by atoms with E-state index in [4.69, 9.17) is 0 Å². The third-order valence-electron chi connectivity index (χ3n) is 4.85. The van der Waals surface area contributed by atoms with E-state index in [-0.39, 0.29) is 30.6 Å². The molecule has 1 unspecified atom stereocenters. The summed E-state index contributed by atoms with van der Waals surface area (Å²) >= 11 is 0. The van der Waals surface area contributed by atoms with Crippen molar-refractivity contribution in [1.29, 1.82) is 0 Å². The van der Waals surface area contributed by atoms with Gasteiger partial charge in [-0.1, -0.05) is 24.3 Å². The maximum absolute atomic E-state index is 13.0. The van der Waals surface area contributed by atoms with Crippen molar-refractivity contribution in [2.75, 3.05) is 18.8 Å². The predicted molar refractivity (Wildman–Crippen MR) is 97.4 cm³/mol. The Kier molecular flexibility index (Phi) is 4.11. The maximum atomic E-state index is 13.0. The minimum absolute atomic E-state index is 0.0890. The number of hydrogen-bond donors (Lipinski definition) is 1. The van der Waals surface area contributed by atoms with Crippen LogP contribution in [0.5, 0.6) is 0 Å². The minimum atomic E-state index is -3.46. The Morgan fingerprint density at radius 1 is 1.19 bits per heavy atom. The molecule has 0 radical (unpaired) electrons. The number of hydrogen-bond acceptors (Lipinski definition) is 5. The van der Waals surface area contributed by atoms with Crippen molar-refractivity contribution in [2.45, 2.75) is 12.5 Å². The Morgan fingerprint density at radius 2 is 1.96 bits per heavy atom. The molecule has 0 saturated heterocycles. The molecule has 0 spiro atoms. The van der Waals surface area contributed by atoms with E-state index < -0.39 is 21.9 Å². The van der Waals surface area contributed by atoms with E-state index in [0.29, 0.717) is 12.1 Å². The summed E-state index contributed by atoms with van der Waals surface area (Å²) in [7, 11) is -3.46. The number of carboxylic acids is 1. The first-order valence-electron chi connectivity index (χ1n) is 8.43. The second-order valence-electron chi connectivity index (χ2n) is 6.62. The number of benzene rings is 1. The van der Waals surface area contributed by atoms with Crippen LogP contribution < -0.4 is 0 Å². The Bertz CT molecular complexity index is 1030. The number of carbonyl (C=O) groups excluding carboxylic acids is 1. The lowest BCUT2D eigenvalue weighted by Crippen LogP contribution is -2.42. The zero-order valence-electron chi connectivity index (χ0n) is 14.3. The molecule has 1 N–H and O–H groups in total. The van der Waals surface area contributed by atoms with Gasteiger partial charge in [0, 0.05) is 25.8 Å². The second-order valence-corrected chi connectivity index (χ2v) is 8.38. The molecule has 3 heterocycles. The van der Waals surface area contributed by atoms with E-state index >= 15 is 0 Å². The molecule has 1 atom stereocenters. The van der Waals surface area contributed by atoms with Crippen molar-refractivity contribution in [3.8, 4) is 0 Å². The van der Waals surface area contributed by atoms with Gasteiger partial charge in [0.05, 0.1) is 17.2 Å². The Morgan fingerprint density at radius 3 is 2.74 bits per heavy atom. The summed E-state index contributed by atoms with van der Waals surface area (Å²) < 4.78 is 26.9. The van der Waals surface area contributed by atoms with Crippen LogP contribution in [0.25, 0.3) is 0 Å². The molecule has 0 aliphatic carbocycles. The number of fused-ring (bicyclic) bond motifs is 2. The fraction of sp³-hybridized carbons (Fsp3) is 0.278. The van der Waals surface area contributed by atoms with Crippen LogP contribution in [0.2, 0.25) is 0 Å². The van der Waals surface area contributed by atoms with E-state index in [9.17, 15) is 23.1 Å². The zero-order chi connectivity index (χ0) is 19.2. The molecule has 9 heteroatoms. The van der Waals surface area contributed by atoms with Gasteiger partial charge in [0.2, 0.25) is 0 Å². The summed E-state index contributed by atoms with van der Waals surface area (Å²) in [6.45, 7) is 0.647. The van der Waals surface area contributed by atoms with Gasteiger partial charge in [-0.2, -0.15) is 0 Å². The van der Waals surface area contributed by atoms with Crippen molar-refractivity contribution in [2.24, 2.45) is 4.40 Å². The molecular formula is C18H17N3O5S. The average molecular weight is 387 g/mol. The number of aliphatic carboxylic acids is 1. The molecule has 27 heavy (non-hydrogen) atoms. The number of carbonyl (C=O) groups is 2. The third-order valence-corrected chi connectivity index (χ3v) is 6.01. The van der Waals surface area contributed by atoms with Gasteiger partial charge < -0.3 is 14.9 Å². The normalized spacial score (nSPS) is 23.0. The van der Waals surface area contributed by atoms with E-state index in [1.54, 1.807) is 23.2 Å². The first-order chi connectivity index (χ1) is 12.8. The van der Waals surface area contributed by atoms with Gasteiger partial charge in [-0.25, -0.2) is 8.42 Å². The fourth-order valence-electron chi connectivity index (χ4n) is 3.48. The van der Waals surface area contributed by atoms with Crippen LogP contribution in [0.3, 0.4) is 0 Å². The molecule has 0 aromatic heterocycles. The molecule has 1 aromatic rings. The Labute approximate surface area is 156 Å². The minimum Gasteiger partial charge on any atom is -0.481 e. The number of amides is 1. The van der Waals surface area contributed by atoms with Gasteiger partial charge in [-0.15, -0.1) is 4.40 Å². The summed E-state index contributed by atoms with van der Waals surface area (Å²) in [6.07, 6.45) is 4.59. The van der Waals surface area contributed by atoms with Gasteiger partial charge >= 0.3 is 5.97 Å². The lowest BCUT2D eigenvalue weighted by Gasteiger charge is -2.34. The van der Waals surface area contributed by atoms with Crippen LogP contribution in [-0.4, -0.2) is 59.9 Å². The Hall–Kier alpha value is -2.94. The summed E-state index contributed by atoms with van der Waals surface area (Å²) in [4.78, 5) is 27.8. The first kappa shape index (κ1) is 17.5. The maximum Gasteiger partial charge on any atom is 0.312 e. The van der Waals surface area contributed by atoms with Crippen molar-refractivity contribution in [1.82, 2.24) is 9.80 Å². The zero-order valence-corrected chi connectivity index (χ0v) is 15.1. The number of carboxylic acid groups (broad SMARTS) is 1. The number of rotatable bonds is 2. The van der Waals surface area contributed by atoms with Crippen LogP contribution in [0.4, 0.5) is 0 Å². The van der Waals surface area contributed by atoms with E-state index in [1.807, 2.05) is 12.1 Å². The third kappa shape index (κ3) is 3.25. The highest BCUT2D eigenvalue weighted by Crippen LogP contribution is 2.30. The summed E-state index contributed by atoms with van der Waals surface area (Å²) in [5, 5.41) is 9.55. The summed E-state index contributed by atoms with van der Waals surface area (Å²) in [6, 6.07) is 7.23. The molecule has 1 aromatic carbocycles. The second kappa shape index (κ2) is 6.34. The van der Waals surface area contributed by atoms with Crippen molar-refractivity contribution in [3.05, 3.63) is 59.3 Å². The first-order valence-corrected chi connectivity index (χ1v) is 10.0. The van der Waals surface area contributed by atoms with Gasteiger partial charge in [0.15, 0.2) is 0 Å². The SMILES string of the molecule is O=C(O)C1CN(C(=O)C2=CN3CCS(=O)(=O)N=C3C=C2)Cc2ccccc21. The van der Waals surface area contributed by atoms with E-state index in [1.165, 1.54) is 17.1 Å². The molecule has 4 rings (SSSR count). The average Bonchev–Trinajstić information content (AvgIpc) is 2.65. The van der Waals surface area contributed by atoms with Crippen LogP contribution in [-0.2, 0) is 26.2 Å². The molecular weight excluding hydrogens is 370 g/mol. The van der Waals surface area contributed by atoms with Crippen LogP contribution in [0.15, 0.2) is 52.6 Å². The van der Waals surface area contributed by atoms with Gasteiger partial charge in [0.1, 0.15) is 5.84 Å². The lowest BCUT2D eigenvalue weighted by molar-refractivity contribution is -0.140. The van der Waals surface area contributed by atoms with Gasteiger partial charge in [-0.3, -0.25) is 9.59 Å². The summed E-state index contributed by atoms with van der Waals surface area (Å²) in [5.41, 5.74) is 1.92. The van der Waals surface area contributed by atoms with Crippen molar-refractivity contribution < 1.29 is 23.1 Å². The van der Waals surface area contributed by atoms with Gasteiger partial charge in [-0.05, 0) is 23.3 Å². The molecule has 3 aliphatic heterocycles. The molecule has 0 bridgehead atoms. The fourth-order valence-corrected chi connectivity index (χ4v) is 4.45. The monoisotopic (exact) mass is 387 g/mol. The molecule has 140 valence electrons. The molecule has 8 nitrogen and oxygen atoms in total.